The van der Waals surface area contributed by atoms with Gasteiger partial charge in [-0.05, 0) is 45.2 Å². The van der Waals surface area contributed by atoms with Crippen molar-refractivity contribution in [3.05, 3.63) is 0 Å². The van der Waals surface area contributed by atoms with E-state index in [0.29, 0.717) is 12.0 Å². The van der Waals surface area contributed by atoms with Crippen molar-refractivity contribution in [2.75, 3.05) is 26.2 Å². The molecule has 0 spiro atoms. The van der Waals surface area contributed by atoms with Gasteiger partial charge in [-0.2, -0.15) is 0 Å². The quantitative estimate of drug-likeness (QED) is 0.704. The maximum absolute atomic E-state index is 11.9. The molecule has 1 aliphatic rings. The van der Waals surface area contributed by atoms with E-state index in [0.717, 1.165) is 26.1 Å². The Morgan fingerprint density at radius 3 is 2.74 bits per heavy atom. The molecule has 0 bridgehead atoms. The van der Waals surface area contributed by atoms with Gasteiger partial charge in [0.1, 0.15) is 0 Å². The lowest BCUT2D eigenvalue weighted by Crippen LogP contribution is -2.47. The van der Waals surface area contributed by atoms with Crippen molar-refractivity contribution in [2.45, 2.75) is 59.0 Å². The number of rotatable bonds is 8. The van der Waals surface area contributed by atoms with Crippen LogP contribution in [0.4, 0.5) is 0 Å². The highest BCUT2D eigenvalue weighted by atomic mass is 16.2. The number of likely N-dealkylation sites (tertiary alicyclic amines) is 1. The van der Waals surface area contributed by atoms with Gasteiger partial charge in [-0.25, -0.2) is 0 Å². The van der Waals surface area contributed by atoms with Gasteiger partial charge in [-0.15, -0.1) is 0 Å². The molecule has 0 saturated carbocycles. The Morgan fingerprint density at radius 2 is 2.11 bits per heavy atom. The van der Waals surface area contributed by atoms with Crippen molar-refractivity contribution in [2.24, 2.45) is 5.92 Å². The molecule has 2 unspecified atom stereocenters. The van der Waals surface area contributed by atoms with Crippen LogP contribution in [0.3, 0.4) is 0 Å². The molecular weight excluding hydrogens is 238 g/mol. The van der Waals surface area contributed by atoms with Crippen molar-refractivity contribution >= 4 is 5.91 Å². The van der Waals surface area contributed by atoms with Crippen molar-refractivity contribution in [1.82, 2.24) is 15.5 Å². The van der Waals surface area contributed by atoms with Crippen LogP contribution in [0.5, 0.6) is 0 Å². The first-order chi connectivity index (χ1) is 9.04. The predicted octanol–water partition coefficient (Wildman–Crippen LogP) is 1.61. The van der Waals surface area contributed by atoms with Crippen molar-refractivity contribution in [1.29, 1.82) is 0 Å². The highest BCUT2D eigenvalue weighted by Crippen LogP contribution is 2.15. The highest BCUT2D eigenvalue weighted by Gasteiger charge is 2.23. The zero-order chi connectivity index (χ0) is 14.3. The Kier molecular flexibility index (Phi) is 7.39. The molecule has 0 aliphatic carbocycles. The normalized spacial score (nSPS) is 21.8. The summed E-state index contributed by atoms with van der Waals surface area (Å²) < 4.78 is 0. The maximum Gasteiger partial charge on any atom is 0.236 e. The lowest BCUT2D eigenvalue weighted by atomic mass is 10.1. The van der Waals surface area contributed by atoms with Gasteiger partial charge in [0.2, 0.25) is 5.91 Å². The van der Waals surface area contributed by atoms with Gasteiger partial charge < -0.3 is 10.6 Å². The van der Waals surface area contributed by atoms with E-state index >= 15 is 0 Å². The maximum atomic E-state index is 11.9. The van der Waals surface area contributed by atoms with Crippen LogP contribution in [-0.4, -0.2) is 49.1 Å². The molecule has 1 fully saturated rings. The molecule has 1 heterocycles. The van der Waals surface area contributed by atoms with E-state index in [9.17, 15) is 4.79 Å². The Bertz CT molecular complexity index is 268. The van der Waals surface area contributed by atoms with Crippen LogP contribution >= 0.6 is 0 Å². The third kappa shape index (κ3) is 5.91. The van der Waals surface area contributed by atoms with Gasteiger partial charge in [0.25, 0.3) is 0 Å². The van der Waals surface area contributed by atoms with Crippen LogP contribution in [-0.2, 0) is 4.79 Å². The molecule has 0 aromatic rings. The van der Waals surface area contributed by atoms with Gasteiger partial charge in [-0.3, -0.25) is 9.69 Å². The summed E-state index contributed by atoms with van der Waals surface area (Å²) in [5.41, 5.74) is 0. The van der Waals surface area contributed by atoms with Crippen LogP contribution in [0.25, 0.3) is 0 Å². The molecular formula is C15H31N3O. The number of hydrogen-bond acceptors (Lipinski definition) is 3. The smallest absolute Gasteiger partial charge is 0.236 e. The third-order valence-corrected chi connectivity index (χ3v) is 3.98. The molecule has 0 aromatic heterocycles. The summed E-state index contributed by atoms with van der Waals surface area (Å²) >= 11 is 0. The topological polar surface area (TPSA) is 44.4 Å². The van der Waals surface area contributed by atoms with E-state index in [-0.39, 0.29) is 11.9 Å². The molecule has 2 atom stereocenters. The molecule has 1 rings (SSSR count). The summed E-state index contributed by atoms with van der Waals surface area (Å²) in [6, 6.07) is 0.516. The van der Waals surface area contributed by atoms with E-state index in [1.165, 1.54) is 19.4 Å². The monoisotopic (exact) mass is 269 g/mol. The first-order valence-corrected chi connectivity index (χ1v) is 7.79. The first kappa shape index (κ1) is 16.4. The number of hydrogen-bond donors (Lipinski definition) is 2. The van der Waals surface area contributed by atoms with Crippen molar-refractivity contribution in [3.8, 4) is 0 Å². The Hall–Kier alpha value is -0.610. The number of amides is 1. The molecule has 112 valence electrons. The second kappa shape index (κ2) is 8.54. The summed E-state index contributed by atoms with van der Waals surface area (Å²) in [5.74, 6) is 0.766. The average Bonchev–Trinajstić information content (AvgIpc) is 2.82. The highest BCUT2D eigenvalue weighted by molar-refractivity contribution is 5.81. The number of carbonyl (C=O) groups excluding carboxylic acids is 1. The second-order valence-corrected chi connectivity index (χ2v) is 6.03. The van der Waals surface area contributed by atoms with E-state index in [1.54, 1.807) is 0 Å². The van der Waals surface area contributed by atoms with E-state index in [2.05, 4.69) is 36.3 Å². The molecule has 2 N–H and O–H groups in total. The largest absolute Gasteiger partial charge is 0.355 e. The number of nitrogens with zero attached hydrogens (tertiary/aromatic N) is 1. The Labute approximate surface area is 118 Å². The molecule has 19 heavy (non-hydrogen) atoms. The summed E-state index contributed by atoms with van der Waals surface area (Å²) in [6.45, 7) is 12.5. The third-order valence-electron chi connectivity index (χ3n) is 3.98. The lowest BCUT2D eigenvalue weighted by molar-refractivity contribution is -0.122. The standard InChI is InChI=1S/C15H31N3O/c1-5-18-10-6-7-14(18)11-17-13(4)15(19)16-9-8-12(2)3/h12-14,17H,5-11H2,1-4H3,(H,16,19). The Balaban J connectivity index is 2.19. The van der Waals surface area contributed by atoms with Crippen LogP contribution in [0, 0.1) is 5.92 Å². The fraction of sp³-hybridized carbons (Fsp3) is 0.933. The molecule has 1 amide bonds. The van der Waals surface area contributed by atoms with Crippen LogP contribution < -0.4 is 10.6 Å². The van der Waals surface area contributed by atoms with Crippen LogP contribution in [0.15, 0.2) is 0 Å². The summed E-state index contributed by atoms with van der Waals surface area (Å²) in [4.78, 5) is 14.4. The first-order valence-electron chi connectivity index (χ1n) is 7.79. The van der Waals surface area contributed by atoms with Crippen LogP contribution in [0.1, 0.15) is 47.0 Å². The molecule has 4 heteroatoms. The summed E-state index contributed by atoms with van der Waals surface area (Å²) in [6.07, 6.45) is 3.59. The van der Waals surface area contributed by atoms with Gasteiger partial charge in [0.15, 0.2) is 0 Å². The Morgan fingerprint density at radius 1 is 1.37 bits per heavy atom. The van der Waals surface area contributed by atoms with Crippen molar-refractivity contribution < 1.29 is 4.79 Å². The fourth-order valence-corrected chi connectivity index (χ4v) is 2.59. The minimum absolute atomic E-state index is 0.0912. The fourth-order valence-electron chi connectivity index (χ4n) is 2.59. The number of nitrogens with one attached hydrogen (secondary N) is 2. The second-order valence-electron chi connectivity index (χ2n) is 6.03. The molecule has 4 nitrogen and oxygen atoms in total. The zero-order valence-corrected chi connectivity index (χ0v) is 13.0. The van der Waals surface area contributed by atoms with Crippen molar-refractivity contribution in [3.63, 3.8) is 0 Å². The minimum atomic E-state index is -0.0912. The zero-order valence-electron chi connectivity index (χ0n) is 13.0. The summed E-state index contributed by atoms with van der Waals surface area (Å²) in [7, 11) is 0. The van der Waals surface area contributed by atoms with Gasteiger partial charge in [-0.1, -0.05) is 20.8 Å². The van der Waals surface area contributed by atoms with Gasteiger partial charge in [0, 0.05) is 19.1 Å². The van der Waals surface area contributed by atoms with Gasteiger partial charge in [0.05, 0.1) is 6.04 Å². The number of likely N-dealkylation sites (N-methyl/N-ethyl adjacent to an activating group) is 1. The van der Waals surface area contributed by atoms with Crippen LogP contribution in [0.2, 0.25) is 0 Å². The molecule has 1 saturated heterocycles. The molecule has 0 aromatic carbocycles. The molecule has 0 radical (unpaired) electrons. The van der Waals surface area contributed by atoms with E-state index in [1.807, 2.05) is 6.92 Å². The SMILES string of the molecule is CCN1CCCC1CNC(C)C(=O)NCCC(C)C. The van der Waals surface area contributed by atoms with E-state index < -0.39 is 0 Å². The predicted molar refractivity (Wildman–Crippen MR) is 80.2 cm³/mol. The summed E-state index contributed by atoms with van der Waals surface area (Å²) in [5, 5.41) is 6.37. The lowest BCUT2D eigenvalue weighted by Gasteiger charge is -2.24. The average molecular weight is 269 g/mol. The molecule has 1 aliphatic heterocycles. The van der Waals surface area contributed by atoms with Gasteiger partial charge >= 0.3 is 0 Å². The van der Waals surface area contributed by atoms with E-state index in [4.69, 9.17) is 0 Å². The minimum Gasteiger partial charge on any atom is -0.355 e. The number of carbonyl (C=O) groups is 1.